The van der Waals surface area contributed by atoms with E-state index in [0.717, 1.165) is 5.56 Å². The van der Waals surface area contributed by atoms with Crippen LogP contribution in [0.1, 0.15) is 32.3 Å². The van der Waals surface area contributed by atoms with Crippen LogP contribution in [0.4, 0.5) is 10.1 Å². The van der Waals surface area contributed by atoms with Gasteiger partial charge in [0.2, 0.25) is 5.91 Å². The van der Waals surface area contributed by atoms with E-state index >= 15 is 0 Å². The van der Waals surface area contributed by atoms with E-state index in [9.17, 15) is 9.18 Å². The summed E-state index contributed by atoms with van der Waals surface area (Å²) in [4.78, 5) is 12.1. The first-order valence-corrected chi connectivity index (χ1v) is 5.98. The highest BCUT2D eigenvalue weighted by atomic mass is 19.1. The Morgan fingerprint density at radius 3 is 2.56 bits per heavy atom. The zero-order valence-electron chi connectivity index (χ0n) is 10.9. The number of anilines is 1. The van der Waals surface area contributed by atoms with Crippen LogP contribution in [0.3, 0.4) is 0 Å². The number of hydrogen-bond acceptors (Lipinski definition) is 2. The van der Waals surface area contributed by atoms with Crippen LogP contribution in [0.2, 0.25) is 0 Å². The second kappa shape index (κ2) is 5.63. The number of hydrogen-bond donors (Lipinski definition) is 1. The van der Waals surface area contributed by atoms with Crippen molar-refractivity contribution in [2.45, 2.75) is 33.6 Å². The maximum Gasteiger partial charge on any atom is 0.244 e. The number of benzene rings is 1. The lowest BCUT2D eigenvalue weighted by atomic mass is 9.83. The molecule has 1 amide bonds. The number of rotatable bonds is 4. The predicted molar refractivity (Wildman–Crippen MR) is 68.4 cm³/mol. The Morgan fingerprint density at radius 2 is 2.06 bits per heavy atom. The van der Waals surface area contributed by atoms with E-state index in [1.165, 1.54) is 6.07 Å². The lowest BCUT2D eigenvalue weighted by Crippen LogP contribution is -2.34. The van der Waals surface area contributed by atoms with Crippen LogP contribution in [0.15, 0.2) is 18.2 Å². The van der Waals surface area contributed by atoms with Gasteiger partial charge in [-0.05, 0) is 37.5 Å². The molecule has 0 fully saturated rings. The zero-order valence-corrected chi connectivity index (χ0v) is 10.9. The molecule has 0 bridgehead atoms. The molecule has 0 aliphatic carbocycles. The summed E-state index contributed by atoms with van der Waals surface area (Å²) in [7, 11) is 0. The molecule has 4 heteroatoms. The van der Waals surface area contributed by atoms with Crippen molar-refractivity contribution in [3.8, 4) is 6.07 Å². The Kier molecular flexibility index (Phi) is 4.43. The molecule has 1 N–H and O–H groups in total. The van der Waals surface area contributed by atoms with E-state index in [4.69, 9.17) is 5.26 Å². The second-order valence-electron chi connectivity index (χ2n) is 4.34. The third-order valence-electron chi connectivity index (χ3n) is 3.23. The molecule has 0 aliphatic rings. The van der Waals surface area contributed by atoms with Gasteiger partial charge in [-0.15, -0.1) is 0 Å². The molecule has 0 atom stereocenters. The van der Waals surface area contributed by atoms with E-state index in [-0.39, 0.29) is 5.69 Å². The van der Waals surface area contributed by atoms with Crippen LogP contribution in [0.5, 0.6) is 0 Å². The van der Waals surface area contributed by atoms with Crippen molar-refractivity contribution < 1.29 is 9.18 Å². The van der Waals surface area contributed by atoms with Crippen LogP contribution < -0.4 is 5.32 Å². The molecule has 1 rings (SSSR count). The number of nitriles is 1. The summed E-state index contributed by atoms with van der Waals surface area (Å²) >= 11 is 0. The molecule has 1 aromatic carbocycles. The van der Waals surface area contributed by atoms with Gasteiger partial charge in [0.25, 0.3) is 0 Å². The van der Waals surface area contributed by atoms with Gasteiger partial charge in [-0.3, -0.25) is 4.79 Å². The number of nitrogens with one attached hydrogen (secondary N) is 1. The van der Waals surface area contributed by atoms with E-state index in [2.05, 4.69) is 5.32 Å². The van der Waals surface area contributed by atoms with Crippen molar-refractivity contribution >= 4 is 11.6 Å². The number of aryl methyl sites for hydroxylation is 1. The van der Waals surface area contributed by atoms with E-state index in [1.807, 2.05) is 13.0 Å². The Bertz CT molecular complexity index is 487. The van der Waals surface area contributed by atoms with Crippen molar-refractivity contribution in [2.75, 3.05) is 5.32 Å². The van der Waals surface area contributed by atoms with Gasteiger partial charge in [0.15, 0.2) is 0 Å². The predicted octanol–water partition coefficient (Wildman–Crippen LogP) is 3.40. The van der Waals surface area contributed by atoms with Gasteiger partial charge in [0, 0.05) is 0 Å². The first kappa shape index (κ1) is 14.2. The van der Waals surface area contributed by atoms with Crippen LogP contribution in [-0.2, 0) is 4.79 Å². The van der Waals surface area contributed by atoms with Gasteiger partial charge in [-0.25, -0.2) is 4.39 Å². The highest BCUT2D eigenvalue weighted by Crippen LogP contribution is 2.28. The highest BCUT2D eigenvalue weighted by Gasteiger charge is 2.35. The van der Waals surface area contributed by atoms with Crippen molar-refractivity contribution in [1.29, 1.82) is 5.26 Å². The van der Waals surface area contributed by atoms with Crippen molar-refractivity contribution in [3.63, 3.8) is 0 Å². The molecule has 1 aromatic rings. The number of halogens is 1. The van der Waals surface area contributed by atoms with Gasteiger partial charge in [0.1, 0.15) is 11.2 Å². The summed E-state index contributed by atoms with van der Waals surface area (Å²) in [5, 5.41) is 11.7. The standard InChI is InChI=1S/C14H17FN2O/c1-4-14(5-2,9-16)13(18)17-12-8-10(3)6-7-11(12)15/h6-8H,4-5H2,1-3H3,(H,17,18). The zero-order chi connectivity index (χ0) is 13.8. The SMILES string of the molecule is CCC(C#N)(CC)C(=O)Nc1cc(C)ccc1F. The van der Waals surface area contributed by atoms with E-state index in [0.29, 0.717) is 12.8 Å². The van der Waals surface area contributed by atoms with Crippen molar-refractivity contribution in [1.82, 2.24) is 0 Å². The van der Waals surface area contributed by atoms with Crippen molar-refractivity contribution in [3.05, 3.63) is 29.6 Å². The van der Waals surface area contributed by atoms with Gasteiger partial charge < -0.3 is 5.32 Å². The summed E-state index contributed by atoms with van der Waals surface area (Å²) < 4.78 is 13.5. The Labute approximate surface area is 107 Å². The van der Waals surface area contributed by atoms with Crippen LogP contribution in [0.25, 0.3) is 0 Å². The maximum atomic E-state index is 13.5. The fourth-order valence-corrected chi connectivity index (χ4v) is 1.76. The Morgan fingerprint density at radius 1 is 1.44 bits per heavy atom. The summed E-state index contributed by atoms with van der Waals surface area (Å²) in [6.07, 6.45) is 0.804. The maximum absolute atomic E-state index is 13.5. The van der Waals surface area contributed by atoms with Crippen LogP contribution in [0, 0.1) is 29.5 Å². The molecule has 0 saturated heterocycles. The Balaban J connectivity index is 3.01. The third kappa shape index (κ3) is 2.67. The smallest absolute Gasteiger partial charge is 0.244 e. The second-order valence-corrected chi connectivity index (χ2v) is 4.34. The Hall–Kier alpha value is -1.89. The molecule has 0 aromatic heterocycles. The summed E-state index contributed by atoms with van der Waals surface area (Å²) in [6, 6.07) is 6.52. The van der Waals surface area contributed by atoms with Crippen LogP contribution >= 0.6 is 0 Å². The first-order chi connectivity index (χ1) is 8.49. The van der Waals surface area contributed by atoms with E-state index in [1.54, 1.807) is 26.0 Å². The molecule has 3 nitrogen and oxygen atoms in total. The quantitative estimate of drug-likeness (QED) is 0.887. The molecule has 0 radical (unpaired) electrons. The molecule has 96 valence electrons. The highest BCUT2D eigenvalue weighted by molar-refractivity contribution is 5.97. The van der Waals surface area contributed by atoms with E-state index < -0.39 is 17.1 Å². The summed E-state index contributed by atoms with van der Waals surface area (Å²) in [6.45, 7) is 5.37. The number of carbonyl (C=O) groups excluding carboxylic acids is 1. The number of carbonyl (C=O) groups is 1. The van der Waals surface area contributed by atoms with Gasteiger partial charge in [-0.2, -0.15) is 5.26 Å². The molecule has 18 heavy (non-hydrogen) atoms. The third-order valence-corrected chi connectivity index (χ3v) is 3.23. The van der Waals surface area contributed by atoms with Crippen LogP contribution in [-0.4, -0.2) is 5.91 Å². The normalized spacial score (nSPS) is 10.8. The molecule has 0 spiro atoms. The van der Waals surface area contributed by atoms with Crippen molar-refractivity contribution in [2.24, 2.45) is 5.41 Å². The molecule has 0 aliphatic heterocycles. The largest absolute Gasteiger partial charge is 0.322 e. The average molecular weight is 248 g/mol. The molecular formula is C14H17FN2O. The summed E-state index contributed by atoms with van der Waals surface area (Å²) in [5.74, 6) is -0.938. The lowest BCUT2D eigenvalue weighted by Gasteiger charge is -2.22. The fraction of sp³-hybridized carbons (Fsp3) is 0.429. The topological polar surface area (TPSA) is 52.9 Å². The lowest BCUT2D eigenvalue weighted by molar-refractivity contribution is -0.123. The first-order valence-electron chi connectivity index (χ1n) is 5.98. The molecular weight excluding hydrogens is 231 g/mol. The molecule has 0 saturated carbocycles. The minimum Gasteiger partial charge on any atom is -0.322 e. The molecule has 0 unspecified atom stereocenters. The van der Waals surface area contributed by atoms with Gasteiger partial charge >= 0.3 is 0 Å². The summed E-state index contributed by atoms with van der Waals surface area (Å²) in [5.41, 5.74) is -0.111. The monoisotopic (exact) mass is 248 g/mol. The minimum atomic E-state index is -1.09. The number of amides is 1. The number of nitrogens with zero attached hydrogens (tertiary/aromatic N) is 1. The average Bonchev–Trinajstić information content (AvgIpc) is 2.37. The van der Waals surface area contributed by atoms with Gasteiger partial charge in [0.05, 0.1) is 11.8 Å². The van der Waals surface area contributed by atoms with Gasteiger partial charge in [-0.1, -0.05) is 19.9 Å². The minimum absolute atomic E-state index is 0.126. The molecule has 0 heterocycles. The fourth-order valence-electron chi connectivity index (χ4n) is 1.76.